The molecule has 1 saturated carbocycles. The first kappa shape index (κ1) is 10.4. The predicted molar refractivity (Wildman–Crippen MR) is 59.5 cm³/mol. The van der Waals surface area contributed by atoms with E-state index < -0.39 is 0 Å². The van der Waals surface area contributed by atoms with Gasteiger partial charge in [0.15, 0.2) is 5.82 Å². The maximum atomic E-state index is 6.14. The third-order valence-electron chi connectivity index (χ3n) is 2.86. The van der Waals surface area contributed by atoms with Gasteiger partial charge >= 0.3 is 0 Å². The van der Waals surface area contributed by atoms with Crippen molar-refractivity contribution < 1.29 is 0 Å². The van der Waals surface area contributed by atoms with Crippen LogP contribution in [0.5, 0.6) is 0 Å². The summed E-state index contributed by atoms with van der Waals surface area (Å²) in [5.74, 6) is 2.39. The number of nitrogens with one attached hydrogen (secondary N) is 1. The van der Waals surface area contributed by atoms with Gasteiger partial charge in [0.25, 0.3) is 0 Å². The molecule has 1 unspecified atom stereocenters. The van der Waals surface area contributed by atoms with Crippen molar-refractivity contribution in [1.29, 1.82) is 0 Å². The van der Waals surface area contributed by atoms with Crippen LogP contribution in [0.4, 0.5) is 5.95 Å². The molecule has 0 radical (unpaired) electrons. The van der Waals surface area contributed by atoms with Crippen molar-refractivity contribution >= 4 is 5.95 Å². The zero-order valence-corrected chi connectivity index (χ0v) is 9.40. The molecule has 2 rings (SSSR count). The number of anilines is 1. The van der Waals surface area contributed by atoms with E-state index in [0.717, 1.165) is 24.9 Å². The second-order valence-corrected chi connectivity index (χ2v) is 4.02. The van der Waals surface area contributed by atoms with Gasteiger partial charge in [0, 0.05) is 13.1 Å². The molecule has 3 N–H and O–H groups in total. The highest BCUT2D eigenvalue weighted by Gasteiger charge is 2.33. The Hall–Kier alpha value is -1.10. The van der Waals surface area contributed by atoms with Gasteiger partial charge in [0.1, 0.15) is 0 Å². The van der Waals surface area contributed by atoms with Crippen molar-refractivity contribution in [3.05, 3.63) is 5.82 Å². The number of nitrogens with zero attached hydrogens (tertiary/aromatic N) is 3. The molecule has 5 nitrogen and oxygen atoms in total. The Morgan fingerprint density at radius 1 is 1.47 bits per heavy atom. The number of nitrogens with two attached hydrogens (primary N) is 1. The van der Waals surface area contributed by atoms with Crippen molar-refractivity contribution in [1.82, 2.24) is 14.8 Å². The van der Waals surface area contributed by atoms with Crippen molar-refractivity contribution in [2.24, 2.45) is 11.7 Å². The molecule has 5 heteroatoms. The zero-order chi connectivity index (χ0) is 10.8. The molecule has 15 heavy (non-hydrogen) atoms. The third kappa shape index (κ3) is 1.97. The highest BCUT2D eigenvalue weighted by atomic mass is 15.4. The van der Waals surface area contributed by atoms with Crippen LogP contribution in [0.25, 0.3) is 0 Å². The normalized spacial score (nSPS) is 17.8. The molecular weight excluding hydrogens is 190 g/mol. The Balaban J connectivity index is 2.21. The van der Waals surface area contributed by atoms with Crippen molar-refractivity contribution in [2.45, 2.75) is 39.3 Å². The van der Waals surface area contributed by atoms with Gasteiger partial charge in [-0.15, -0.1) is 10.2 Å². The van der Waals surface area contributed by atoms with Crippen LogP contribution in [-0.4, -0.2) is 21.3 Å². The molecule has 1 aromatic heterocycles. The van der Waals surface area contributed by atoms with E-state index in [1.165, 1.54) is 12.8 Å². The lowest BCUT2D eigenvalue weighted by atomic mass is 10.2. The number of aromatic nitrogens is 3. The molecule has 84 valence electrons. The van der Waals surface area contributed by atoms with Gasteiger partial charge in [-0.05, 0) is 32.6 Å². The van der Waals surface area contributed by atoms with Crippen LogP contribution in [0.2, 0.25) is 0 Å². The molecule has 1 aliphatic carbocycles. The lowest BCUT2D eigenvalue weighted by molar-refractivity contribution is 0.551. The Bertz CT molecular complexity index is 329. The lowest BCUT2D eigenvalue weighted by Crippen LogP contribution is -2.19. The van der Waals surface area contributed by atoms with E-state index in [9.17, 15) is 0 Å². The van der Waals surface area contributed by atoms with Crippen LogP contribution in [0, 0.1) is 5.92 Å². The Morgan fingerprint density at radius 3 is 2.73 bits per heavy atom. The first-order valence-electron chi connectivity index (χ1n) is 5.70. The summed E-state index contributed by atoms with van der Waals surface area (Å²) in [6, 6.07) is 0.0601. The molecule has 0 amide bonds. The molecule has 1 aliphatic rings. The van der Waals surface area contributed by atoms with Gasteiger partial charge in [0.2, 0.25) is 5.95 Å². The van der Waals surface area contributed by atoms with E-state index in [-0.39, 0.29) is 6.04 Å². The first-order valence-corrected chi connectivity index (χ1v) is 5.70. The number of hydrogen-bond donors (Lipinski definition) is 2. The lowest BCUT2D eigenvalue weighted by Gasteiger charge is -2.12. The SMILES string of the molecule is CCNc1nnc(C(N)C2CC2)n1CC. The predicted octanol–water partition coefficient (Wildman–Crippen LogP) is 1.14. The molecule has 1 heterocycles. The fourth-order valence-electron chi connectivity index (χ4n) is 1.83. The van der Waals surface area contributed by atoms with E-state index >= 15 is 0 Å². The van der Waals surface area contributed by atoms with Crippen LogP contribution >= 0.6 is 0 Å². The summed E-state index contributed by atoms with van der Waals surface area (Å²) >= 11 is 0. The van der Waals surface area contributed by atoms with E-state index in [1.54, 1.807) is 0 Å². The van der Waals surface area contributed by atoms with Crippen LogP contribution in [0.1, 0.15) is 38.6 Å². The van der Waals surface area contributed by atoms with Gasteiger partial charge < -0.3 is 11.1 Å². The minimum Gasteiger partial charge on any atom is -0.355 e. The highest BCUT2D eigenvalue weighted by molar-refractivity contribution is 5.26. The summed E-state index contributed by atoms with van der Waals surface area (Å²) in [4.78, 5) is 0. The molecule has 0 spiro atoms. The summed E-state index contributed by atoms with van der Waals surface area (Å²) in [7, 11) is 0. The minimum atomic E-state index is 0.0601. The summed E-state index contributed by atoms with van der Waals surface area (Å²) in [6.07, 6.45) is 2.46. The van der Waals surface area contributed by atoms with Gasteiger partial charge in [-0.25, -0.2) is 0 Å². The standard InChI is InChI=1S/C10H19N5/c1-3-12-10-14-13-9(15(10)4-2)8(11)7-5-6-7/h7-8H,3-6,11H2,1-2H3,(H,12,14). The molecular formula is C10H19N5. The van der Waals surface area contributed by atoms with Crippen molar-refractivity contribution in [3.63, 3.8) is 0 Å². The van der Waals surface area contributed by atoms with E-state index in [2.05, 4.69) is 33.9 Å². The molecule has 1 aromatic rings. The fraction of sp³-hybridized carbons (Fsp3) is 0.800. The van der Waals surface area contributed by atoms with Gasteiger partial charge in [0.05, 0.1) is 6.04 Å². The molecule has 0 saturated heterocycles. The van der Waals surface area contributed by atoms with Crippen LogP contribution in [-0.2, 0) is 6.54 Å². The number of hydrogen-bond acceptors (Lipinski definition) is 4. The quantitative estimate of drug-likeness (QED) is 0.763. The van der Waals surface area contributed by atoms with E-state index in [0.29, 0.717) is 5.92 Å². The van der Waals surface area contributed by atoms with Crippen LogP contribution in [0.15, 0.2) is 0 Å². The molecule has 0 aliphatic heterocycles. The molecule has 1 atom stereocenters. The maximum Gasteiger partial charge on any atom is 0.224 e. The Kier molecular flexibility index (Phi) is 2.90. The zero-order valence-electron chi connectivity index (χ0n) is 9.40. The van der Waals surface area contributed by atoms with Gasteiger partial charge in [-0.3, -0.25) is 4.57 Å². The topological polar surface area (TPSA) is 68.8 Å². The van der Waals surface area contributed by atoms with Crippen molar-refractivity contribution in [2.75, 3.05) is 11.9 Å². The highest BCUT2D eigenvalue weighted by Crippen LogP contribution is 2.39. The monoisotopic (exact) mass is 209 g/mol. The summed E-state index contributed by atoms with van der Waals surface area (Å²) in [5, 5.41) is 11.5. The van der Waals surface area contributed by atoms with Crippen molar-refractivity contribution in [3.8, 4) is 0 Å². The average Bonchev–Trinajstić information content (AvgIpc) is 3.00. The second kappa shape index (κ2) is 4.18. The van der Waals surface area contributed by atoms with Gasteiger partial charge in [-0.1, -0.05) is 0 Å². The maximum absolute atomic E-state index is 6.14. The molecule has 1 fully saturated rings. The molecule has 0 bridgehead atoms. The summed E-state index contributed by atoms with van der Waals surface area (Å²) in [6.45, 7) is 5.87. The second-order valence-electron chi connectivity index (χ2n) is 4.02. The van der Waals surface area contributed by atoms with E-state index in [4.69, 9.17) is 5.73 Å². The van der Waals surface area contributed by atoms with Gasteiger partial charge in [-0.2, -0.15) is 0 Å². The Morgan fingerprint density at radius 2 is 2.20 bits per heavy atom. The largest absolute Gasteiger partial charge is 0.355 e. The summed E-state index contributed by atoms with van der Waals surface area (Å²) < 4.78 is 2.08. The fourth-order valence-corrected chi connectivity index (χ4v) is 1.83. The Labute approximate surface area is 90.1 Å². The smallest absolute Gasteiger partial charge is 0.224 e. The third-order valence-corrected chi connectivity index (χ3v) is 2.86. The van der Waals surface area contributed by atoms with Crippen LogP contribution < -0.4 is 11.1 Å². The average molecular weight is 209 g/mol. The first-order chi connectivity index (χ1) is 7.27. The van der Waals surface area contributed by atoms with E-state index in [1.807, 2.05) is 0 Å². The summed E-state index contributed by atoms with van der Waals surface area (Å²) in [5.41, 5.74) is 6.14. The number of rotatable bonds is 5. The van der Waals surface area contributed by atoms with Crippen LogP contribution in [0.3, 0.4) is 0 Å². The molecule has 0 aromatic carbocycles. The minimum absolute atomic E-state index is 0.0601.